The van der Waals surface area contributed by atoms with E-state index >= 15 is 0 Å². The van der Waals surface area contributed by atoms with Crippen LogP contribution in [0.2, 0.25) is 0 Å². The van der Waals surface area contributed by atoms with Crippen LogP contribution in [0.4, 0.5) is 0 Å². The first-order valence-corrected chi connectivity index (χ1v) is 12.8. The van der Waals surface area contributed by atoms with E-state index in [1.807, 2.05) is 46.5 Å². The standard InChI is InChI=1S/2Al.3BrH2O3P/c;;3*1-5(2,3)4/h;;3*(H2,2,3,4)/q2*+3;;;/p-6. The molecule has 0 unspecified atom stereocenters. The van der Waals surface area contributed by atoms with Crippen molar-refractivity contribution >= 4 is 100 Å². The van der Waals surface area contributed by atoms with Gasteiger partial charge in [-0.15, -0.1) is 0 Å². The molecule has 0 fully saturated rings. The van der Waals surface area contributed by atoms with Crippen molar-refractivity contribution in [3.8, 4) is 0 Å². The predicted molar refractivity (Wildman–Crippen MR) is 61.1 cm³/mol. The minimum atomic E-state index is -4.33. The second kappa shape index (κ2) is 13.9. The summed E-state index contributed by atoms with van der Waals surface area (Å²) < 4.78 is 27.1. The summed E-state index contributed by atoms with van der Waals surface area (Å²) in [6, 6.07) is 0. The van der Waals surface area contributed by atoms with Gasteiger partial charge in [-0.1, -0.05) is 46.5 Å². The Labute approximate surface area is 142 Å². The van der Waals surface area contributed by atoms with Crippen LogP contribution in [-0.2, 0) is 13.7 Å². The molecule has 0 heterocycles. The quantitative estimate of drug-likeness (QED) is 0.230. The van der Waals surface area contributed by atoms with E-state index in [-0.39, 0.29) is 34.7 Å². The fraction of sp³-hybridized carbons (Fsp3) is 0. The van der Waals surface area contributed by atoms with Gasteiger partial charge in [0.2, 0.25) is 0 Å². The van der Waals surface area contributed by atoms with E-state index in [4.69, 9.17) is 43.1 Å². The van der Waals surface area contributed by atoms with E-state index in [1.54, 1.807) is 0 Å². The third kappa shape index (κ3) is 624. The Morgan fingerprint density at radius 2 is 0.529 bits per heavy atom. The topological polar surface area (TPSA) is 190 Å². The van der Waals surface area contributed by atoms with Crippen LogP contribution in [-0.4, -0.2) is 34.7 Å². The van der Waals surface area contributed by atoms with E-state index in [1.165, 1.54) is 0 Å². The van der Waals surface area contributed by atoms with Gasteiger partial charge in [-0.25, -0.2) is 0 Å². The Kier molecular flexibility index (Phi) is 26.2. The van der Waals surface area contributed by atoms with Gasteiger partial charge >= 0.3 is 34.7 Å². The van der Waals surface area contributed by atoms with Crippen molar-refractivity contribution in [1.82, 2.24) is 0 Å². The van der Waals surface area contributed by atoms with E-state index in [0.717, 1.165) is 0 Å². The van der Waals surface area contributed by atoms with Crippen molar-refractivity contribution in [2.75, 3.05) is 0 Å². The minimum Gasteiger partial charge on any atom is -0.803 e. The zero-order chi connectivity index (χ0) is 13.5. The van der Waals surface area contributed by atoms with Crippen LogP contribution >= 0.6 is 65.4 Å². The predicted octanol–water partition coefficient (Wildman–Crippen LogP) is -3.13. The molecule has 17 heavy (non-hydrogen) atoms. The molecule has 17 heteroatoms. The fourth-order valence-corrected chi connectivity index (χ4v) is 0. The molecule has 9 nitrogen and oxygen atoms in total. The minimum absolute atomic E-state index is 0. The molecular weight excluding hydrogens is 531 g/mol. The van der Waals surface area contributed by atoms with Crippen LogP contribution in [0.15, 0.2) is 0 Å². The molecule has 0 amide bonds. The van der Waals surface area contributed by atoms with Crippen LogP contribution < -0.4 is 29.4 Å². The molecule has 0 radical (unpaired) electrons. The molecular formula is Al2Br3O9P3. The molecule has 0 aliphatic carbocycles. The van der Waals surface area contributed by atoms with Gasteiger partial charge in [-0.3, -0.25) is 0 Å². The SMILES string of the molecule is O=P([O-])([O-])Br.O=P([O-])([O-])Br.O=P([O-])([O-])Br.[Al+3].[Al+3]. The molecule has 0 bridgehead atoms. The van der Waals surface area contributed by atoms with Crippen LogP contribution in [0.5, 0.6) is 0 Å². The maximum Gasteiger partial charge on any atom is 3.00 e. The van der Waals surface area contributed by atoms with Gasteiger partial charge in [-0.05, 0) is 0 Å². The Hall–Kier alpha value is 2.95. The van der Waals surface area contributed by atoms with Crippen molar-refractivity contribution in [3.63, 3.8) is 0 Å². The molecule has 0 saturated heterocycles. The molecule has 96 valence electrons. The second-order valence-corrected chi connectivity index (χ2v) is 11.7. The average Bonchev–Trinajstić information content (AvgIpc) is 1.41. The zero-order valence-electron chi connectivity index (χ0n) is 7.30. The number of halogens is 3. The molecule has 0 aliphatic rings. The summed E-state index contributed by atoms with van der Waals surface area (Å²) >= 11 is 5.46. The molecule has 0 spiro atoms. The van der Waals surface area contributed by atoms with Gasteiger partial charge in [0.05, 0.1) is 0 Å². The summed E-state index contributed by atoms with van der Waals surface area (Å²) in [6.07, 6.45) is -13.0. The van der Waals surface area contributed by atoms with E-state index < -0.39 is 18.9 Å². The van der Waals surface area contributed by atoms with Crippen molar-refractivity contribution in [3.05, 3.63) is 0 Å². The number of hydrogen-bond acceptors (Lipinski definition) is 9. The molecule has 0 atom stereocenters. The first kappa shape index (κ1) is 32.1. The average molecular weight is 531 g/mol. The van der Waals surface area contributed by atoms with Gasteiger partial charge in [0.15, 0.2) is 0 Å². The first-order valence-electron chi connectivity index (χ1n) is 2.15. The zero-order valence-corrected chi connectivity index (χ0v) is 17.1. The van der Waals surface area contributed by atoms with Gasteiger partial charge in [0, 0.05) is 18.9 Å². The normalized spacial score (nSPS) is 10.4. The van der Waals surface area contributed by atoms with E-state index in [9.17, 15) is 0 Å². The maximum atomic E-state index is 9.02. The summed E-state index contributed by atoms with van der Waals surface area (Å²) in [5.41, 5.74) is 0. The molecule has 0 aromatic heterocycles. The van der Waals surface area contributed by atoms with Crippen LogP contribution in [0.3, 0.4) is 0 Å². The molecule has 0 N–H and O–H groups in total. The van der Waals surface area contributed by atoms with Crippen molar-refractivity contribution in [1.29, 1.82) is 0 Å². The molecule has 0 rings (SSSR count). The molecule has 0 aliphatic heterocycles. The Morgan fingerprint density at radius 1 is 0.529 bits per heavy atom. The third-order valence-corrected chi connectivity index (χ3v) is 0. The molecule has 0 aromatic rings. The van der Waals surface area contributed by atoms with E-state index in [0.29, 0.717) is 0 Å². The summed E-state index contributed by atoms with van der Waals surface area (Å²) in [5, 5.41) is 0. The number of hydrogen-bond donors (Lipinski definition) is 0. The summed E-state index contributed by atoms with van der Waals surface area (Å²) in [7, 11) is 0. The summed E-state index contributed by atoms with van der Waals surface area (Å²) in [6.45, 7) is 0. The molecule has 0 saturated carbocycles. The third-order valence-electron chi connectivity index (χ3n) is 0. The van der Waals surface area contributed by atoms with Crippen LogP contribution in [0, 0.1) is 0 Å². The second-order valence-electron chi connectivity index (χ2n) is 1.29. The summed E-state index contributed by atoms with van der Waals surface area (Å²) in [4.78, 5) is 54.1. The maximum absolute atomic E-state index is 9.02. The largest absolute Gasteiger partial charge is 3.00 e. The van der Waals surface area contributed by atoms with E-state index in [2.05, 4.69) is 0 Å². The van der Waals surface area contributed by atoms with Crippen molar-refractivity contribution in [2.45, 2.75) is 0 Å². The Balaban J connectivity index is -0.0000000400. The van der Waals surface area contributed by atoms with Gasteiger partial charge in [-0.2, -0.15) is 0 Å². The van der Waals surface area contributed by atoms with Crippen LogP contribution in [0.1, 0.15) is 0 Å². The van der Waals surface area contributed by atoms with Gasteiger partial charge in [0.25, 0.3) is 0 Å². The van der Waals surface area contributed by atoms with Gasteiger partial charge < -0.3 is 43.1 Å². The van der Waals surface area contributed by atoms with Crippen LogP contribution in [0.25, 0.3) is 0 Å². The molecule has 0 aromatic carbocycles. The smallest absolute Gasteiger partial charge is 0.803 e. The fourth-order valence-electron chi connectivity index (χ4n) is 0. The number of rotatable bonds is 0. The van der Waals surface area contributed by atoms with Crippen molar-refractivity contribution in [2.24, 2.45) is 0 Å². The summed E-state index contributed by atoms with van der Waals surface area (Å²) in [5.74, 6) is 0. The Morgan fingerprint density at radius 3 is 0.529 bits per heavy atom. The Bertz CT molecular complexity index is 216. The monoisotopic (exact) mass is 528 g/mol. The van der Waals surface area contributed by atoms with Crippen molar-refractivity contribution < 1.29 is 43.1 Å². The first-order chi connectivity index (χ1) is 6.00. The van der Waals surface area contributed by atoms with Gasteiger partial charge in [0.1, 0.15) is 0 Å².